The van der Waals surface area contributed by atoms with Gasteiger partial charge in [-0.3, -0.25) is 9.59 Å². The van der Waals surface area contributed by atoms with Crippen LogP contribution in [0.2, 0.25) is 0 Å². The quantitative estimate of drug-likeness (QED) is 0.201. The van der Waals surface area contributed by atoms with Gasteiger partial charge in [-0.05, 0) is 6.42 Å². The minimum absolute atomic E-state index is 0.327. The molecule has 0 unspecified atom stereocenters. The second-order valence-electron chi connectivity index (χ2n) is 7.55. The molecule has 148 valence electrons. The third-order valence-electron chi connectivity index (χ3n) is 5.03. The lowest BCUT2D eigenvalue weighted by molar-refractivity contribution is -0.136. The van der Waals surface area contributed by atoms with E-state index in [4.69, 9.17) is 5.73 Å². The fourth-order valence-corrected chi connectivity index (χ4v) is 3.31. The molecule has 0 aliphatic carbocycles. The molecule has 0 aromatic rings. The average Bonchev–Trinajstić information content (AvgIpc) is 2.60. The van der Waals surface area contributed by atoms with Gasteiger partial charge in [0.1, 0.15) is 0 Å². The van der Waals surface area contributed by atoms with Gasteiger partial charge in [-0.25, -0.2) is 0 Å². The van der Waals surface area contributed by atoms with Crippen molar-refractivity contribution in [3.05, 3.63) is 0 Å². The van der Waals surface area contributed by atoms with Crippen molar-refractivity contribution in [1.29, 1.82) is 0 Å². The summed E-state index contributed by atoms with van der Waals surface area (Å²) in [6, 6.07) is 0. The van der Waals surface area contributed by atoms with Gasteiger partial charge >= 0.3 is 0 Å². The van der Waals surface area contributed by atoms with Crippen molar-refractivity contribution in [3.63, 3.8) is 0 Å². The Morgan fingerprint density at radius 2 is 0.800 bits per heavy atom. The van der Waals surface area contributed by atoms with E-state index >= 15 is 0 Å². The van der Waals surface area contributed by atoms with Crippen LogP contribution in [0.15, 0.2) is 0 Å². The molecule has 0 aromatic carbocycles. The van der Waals surface area contributed by atoms with Crippen LogP contribution in [-0.2, 0) is 9.59 Å². The molecule has 3 nitrogen and oxygen atoms in total. The molecule has 2 N–H and O–H groups in total. The molecule has 1 amide bonds. The number of unbranched alkanes of at least 4 members (excludes halogenated alkanes) is 17. The summed E-state index contributed by atoms with van der Waals surface area (Å²) in [5, 5.41) is 0. The van der Waals surface area contributed by atoms with Crippen LogP contribution < -0.4 is 5.73 Å². The van der Waals surface area contributed by atoms with Gasteiger partial charge in [0.15, 0.2) is 0 Å². The fraction of sp³-hybridized carbons (Fsp3) is 0.909. The molecule has 0 heterocycles. The number of hydrogen-bond donors (Lipinski definition) is 1. The predicted octanol–water partition coefficient (Wildman–Crippen LogP) is 6.47. The van der Waals surface area contributed by atoms with Crippen molar-refractivity contribution in [2.24, 2.45) is 5.73 Å². The number of carbonyl (C=O) groups is 2. The Morgan fingerprint density at radius 1 is 0.520 bits per heavy atom. The van der Waals surface area contributed by atoms with Crippen LogP contribution in [0.1, 0.15) is 129 Å². The van der Waals surface area contributed by atoms with Crippen LogP contribution in [0.25, 0.3) is 0 Å². The number of nitrogens with two attached hydrogens (primary N) is 1. The number of hydrogen-bond acceptors (Lipinski definition) is 2. The normalized spacial score (nSPS) is 10.9. The highest BCUT2D eigenvalue weighted by Gasteiger charge is 2.07. The maximum atomic E-state index is 11.0. The number of carbonyl (C=O) groups excluding carboxylic acids is 2. The van der Waals surface area contributed by atoms with Crippen LogP contribution in [0.3, 0.4) is 0 Å². The maximum Gasteiger partial charge on any atom is 0.284 e. The first-order chi connectivity index (χ1) is 12.2. The molecule has 25 heavy (non-hydrogen) atoms. The molecule has 0 aromatic heterocycles. The zero-order chi connectivity index (χ0) is 18.6. The Kier molecular flexibility index (Phi) is 18.8. The monoisotopic (exact) mass is 353 g/mol. The summed E-state index contributed by atoms with van der Waals surface area (Å²) in [6.07, 6.45) is 24.2. The van der Waals surface area contributed by atoms with E-state index in [9.17, 15) is 9.59 Å². The first-order valence-corrected chi connectivity index (χ1v) is 11.0. The molecule has 0 bridgehead atoms. The van der Waals surface area contributed by atoms with Gasteiger partial charge in [-0.2, -0.15) is 0 Å². The van der Waals surface area contributed by atoms with Crippen molar-refractivity contribution >= 4 is 11.7 Å². The van der Waals surface area contributed by atoms with Crippen LogP contribution in [0, 0.1) is 0 Å². The first kappa shape index (κ1) is 24.1. The Balaban J connectivity index is 3.05. The van der Waals surface area contributed by atoms with E-state index in [1.807, 2.05) is 0 Å². The molecule has 0 saturated carbocycles. The minimum Gasteiger partial charge on any atom is -0.363 e. The maximum absolute atomic E-state index is 11.0. The molecule has 0 radical (unpaired) electrons. The largest absolute Gasteiger partial charge is 0.363 e. The Labute approximate surface area is 156 Å². The number of ketones is 1. The summed E-state index contributed by atoms with van der Waals surface area (Å²) >= 11 is 0. The van der Waals surface area contributed by atoms with Gasteiger partial charge in [0.25, 0.3) is 5.91 Å². The van der Waals surface area contributed by atoms with Crippen molar-refractivity contribution in [2.45, 2.75) is 129 Å². The molecule has 0 saturated heterocycles. The van der Waals surface area contributed by atoms with Crippen molar-refractivity contribution < 1.29 is 9.59 Å². The van der Waals surface area contributed by atoms with Gasteiger partial charge in [-0.15, -0.1) is 0 Å². The summed E-state index contributed by atoms with van der Waals surface area (Å²) in [4.78, 5) is 21.6. The van der Waals surface area contributed by atoms with E-state index in [1.54, 1.807) is 0 Å². The van der Waals surface area contributed by atoms with Crippen LogP contribution >= 0.6 is 0 Å². The van der Waals surface area contributed by atoms with Gasteiger partial charge in [0.05, 0.1) is 0 Å². The summed E-state index contributed by atoms with van der Waals surface area (Å²) in [5.41, 5.74) is 4.92. The van der Waals surface area contributed by atoms with E-state index in [0.29, 0.717) is 6.42 Å². The van der Waals surface area contributed by atoms with Crippen molar-refractivity contribution in [3.8, 4) is 0 Å². The van der Waals surface area contributed by atoms with Crippen LogP contribution in [0.5, 0.6) is 0 Å². The molecule has 0 aliphatic rings. The molecule has 0 spiro atoms. The Hall–Kier alpha value is -0.860. The zero-order valence-corrected chi connectivity index (χ0v) is 16.8. The van der Waals surface area contributed by atoms with E-state index in [0.717, 1.165) is 12.8 Å². The van der Waals surface area contributed by atoms with Gasteiger partial charge in [-0.1, -0.05) is 116 Å². The molecule has 0 rings (SSSR count). The Morgan fingerprint density at radius 3 is 1.08 bits per heavy atom. The highest BCUT2D eigenvalue weighted by Crippen LogP contribution is 2.14. The van der Waals surface area contributed by atoms with E-state index in [-0.39, 0.29) is 0 Å². The number of Topliss-reactive ketones (excluding diaryl/α,β-unsaturated/α-hetero) is 1. The lowest BCUT2D eigenvalue weighted by Crippen LogP contribution is -2.22. The van der Waals surface area contributed by atoms with E-state index in [1.165, 1.54) is 103 Å². The minimum atomic E-state index is -0.785. The highest BCUT2D eigenvalue weighted by atomic mass is 16.2. The lowest BCUT2D eigenvalue weighted by atomic mass is 10.0. The number of rotatable bonds is 20. The van der Waals surface area contributed by atoms with Crippen molar-refractivity contribution in [2.75, 3.05) is 0 Å². The van der Waals surface area contributed by atoms with Crippen LogP contribution in [-0.4, -0.2) is 11.7 Å². The van der Waals surface area contributed by atoms with E-state index in [2.05, 4.69) is 6.92 Å². The third kappa shape index (κ3) is 19.3. The first-order valence-electron chi connectivity index (χ1n) is 11.0. The smallest absolute Gasteiger partial charge is 0.284 e. The summed E-state index contributed by atoms with van der Waals surface area (Å²) in [7, 11) is 0. The molecule has 3 heteroatoms. The third-order valence-corrected chi connectivity index (χ3v) is 5.03. The number of amides is 1. The molecule has 0 fully saturated rings. The lowest BCUT2D eigenvalue weighted by Gasteiger charge is -2.03. The fourth-order valence-electron chi connectivity index (χ4n) is 3.31. The van der Waals surface area contributed by atoms with Crippen molar-refractivity contribution in [1.82, 2.24) is 0 Å². The average molecular weight is 354 g/mol. The topological polar surface area (TPSA) is 60.2 Å². The molecular weight excluding hydrogens is 310 g/mol. The molecule has 0 aliphatic heterocycles. The highest BCUT2D eigenvalue weighted by molar-refractivity contribution is 6.35. The summed E-state index contributed by atoms with van der Waals surface area (Å²) in [6.45, 7) is 2.28. The second kappa shape index (κ2) is 19.5. The Bertz CT molecular complexity index is 315. The van der Waals surface area contributed by atoms with Gasteiger partial charge in [0.2, 0.25) is 5.78 Å². The summed E-state index contributed by atoms with van der Waals surface area (Å²) in [5.74, 6) is -1.21. The summed E-state index contributed by atoms with van der Waals surface area (Å²) < 4.78 is 0. The molecule has 0 atom stereocenters. The van der Waals surface area contributed by atoms with Crippen LogP contribution in [0.4, 0.5) is 0 Å². The SMILES string of the molecule is CCCCCCCCCCCCCCCCCCCCC(=O)C(N)=O. The number of primary amides is 1. The van der Waals surface area contributed by atoms with E-state index < -0.39 is 11.7 Å². The molecular formula is C22H43NO2. The second-order valence-corrected chi connectivity index (χ2v) is 7.55. The van der Waals surface area contributed by atoms with Gasteiger partial charge in [0, 0.05) is 6.42 Å². The van der Waals surface area contributed by atoms with Gasteiger partial charge < -0.3 is 5.73 Å². The predicted molar refractivity (Wildman–Crippen MR) is 108 cm³/mol. The zero-order valence-electron chi connectivity index (χ0n) is 16.8. The standard InChI is InChI=1S/C22H43NO2/c1-2-3-4-5-6-7-8-9-10-11-12-13-14-15-16-17-18-19-20-21(24)22(23)25/h2-20H2,1H3,(H2,23,25).